The lowest BCUT2D eigenvalue weighted by atomic mass is 9.90. The first-order chi connectivity index (χ1) is 10.6. The minimum atomic E-state index is 0.658. The first-order valence-corrected chi connectivity index (χ1v) is 8.31. The molecular formula is C18H26N4. The second kappa shape index (κ2) is 6.61. The monoisotopic (exact) mass is 298 g/mol. The summed E-state index contributed by atoms with van der Waals surface area (Å²) in [6.45, 7) is 7.08. The van der Waals surface area contributed by atoms with Crippen LogP contribution in [0.15, 0.2) is 30.6 Å². The Morgan fingerprint density at radius 2 is 2.14 bits per heavy atom. The zero-order valence-corrected chi connectivity index (χ0v) is 13.9. The standard InChI is InChI=1S/C18H26N4/c1-14(2)22-10-4-5-16(13-22)11-15-6-8-19-17(12-15)18-7-9-20-21(18)3/h6-9,12,14,16H,4-5,10-11,13H2,1-3H3/t16-/m0/s1. The number of rotatable bonds is 4. The molecule has 0 aromatic carbocycles. The van der Waals surface area contributed by atoms with Crippen molar-refractivity contribution in [1.82, 2.24) is 19.7 Å². The Balaban J connectivity index is 1.72. The zero-order chi connectivity index (χ0) is 15.5. The minimum Gasteiger partial charge on any atom is -0.301 e. The second-order valence-corrected chi connectivity index (χ2v) is 6.69. The van der Waals surface area contributed by atoms with E-state index >= 15 is 0 Å². The van der Waals surface area contributed by atoms with Gasteiger partial charge >= 0.3 is 0 Å². The molecular weight excluding hydrogens is 272 g/mol. The van der Waals surface area contributed by atoms with Crippen LogP contribution in [0.2, 0.25) is 0 Å². The summed E-state index contributed by atoms with van der Waals surface area (Å²) < 4.78 is 1.88. The lowest BCUT2D eigenvalue weighted by Gasteiger charge is -2.35. The Labute approximate surface area is 133 Å². The molecule has 1 aliphatic heterocycles. The normalized spacial score (nSPS) is 19.7. The third-order valence-corrected chi connectivity index (χ3v) is 4.71. The van der Waals surface area contributed by atoms with E-state index in [1.54, 1.807) is 0 Å². The fourth-order valence-corrected chi connectivity index (χ4v) is 3.43. The number of hydrogen-bond acceptors (Lipinski definition) is 3. The van der Waals surface area contributed by atoms with Crippen molar-refractivity contribution in [2.24, 2.45) is 13.0 Å². The van der Waals surface area contributed by atoms with Gasteiger partial charge in [0, 0.05) is 32.0 Å². The van der Waals surface area contributed by atoms with Gasteiger partial charge in [0.2, 0.25) is 0 Å². The van der Waals surface area contributed by atoms with Gasteiger partial charge in [-0.1, -0.05) is 0 Å². The molecule has 0 radical (unpaired) electrons. The van der Waals surface area contributed by atoms with Gasteiger partial charge < -0.3 is 4.90 Å². The second-order valence-electron chi connectivity index (χ2n) is 6.69. The van der Waals surface area contributed by atoms with Crippen LogP contribution in [0.4, 0.5) is 0 Å². The summed E-state index contributed by atoms with van der Waals surface area (Å²) in [5.74, 6) is 0.762. The Hall–Kier alpha value is -1.68. The molecule has 2 aromatic rings. The number of aryl methyl sites for hydroxylation is 1. The lowest BCUT2D eigenvalue weighted by Crippen LogP contribution is -2.40. The van der Waals surface area contributed by atoms with Crippen molar-refractivity contribution in [1.29, 1.82) is 0 Å². The quantitative estimate of drug-likeness (QED) is 0.869. The van der Waals surface area contributed by atoms with Gasteiger partial charge in [0.05, 0.1) is 11.4 Å². The number of pyridine rings is 1. The summed E-state index contributed by atoms with van der Waals surface area (Å²) in [7, 11) is 1.96. The highest BCUT2D eigenvalue weighted by molar-refractivity contribution is 5.54. The van der Waals surface area contributed by atoms with Gasteiger partial charge in [-0.05, 0) is 69.3 Å². The molecule has 22 heavy (non-hydrogen) atoms. The maximum Gasteiger partial charge on any atom is 0.0885 e. The molecule has 118 valence electrons. The summed E-state index contributed by atoms with van der Waals surface area (Å²) in [6.07, 6.45) is 7.57. The fraction of sp³-hybridized carbons (Fsp3) is 0.556. The van der Waals surface area contributed by atoms with Gasteiger partial charge in [-0.3, -0.25) is 9.67 Å². The van der Waals surface area contributed by atoms with E-state index in [1.807, 2.05) is 30.2 Å². The Kier molecular flexibility index (Phi) is 4.57. The predicted molar refractivity (Wildman–Crippen MR) is 89.6 cm³/mol. The fourth-order valence-electron chi connectivity index (χ4n) is 3.43. The largest absolute Gasteiger partial charge is 0.301 e. The van der Waals surface area contributed by atoms with Crippen LogP contribution in [0.25, 0.3) is 11.4 Å². The van der Waals surface area contributed by atoms with Gasteiger partial charge in [0.15, 0.2) is 0 Å². The van der Waals surface area contributed by atoms with Crippen LogP contribution in [0, 0.1) is 5.92 Å². The molecule has 2 aromatic heterocycles. The molecule has 3 heterocycles. The lowest BCUT2D eigenvalue weighted by molar-refractivity contribution is 0.139. The van der Waals surface area contributed by atoms with Gasteiger partial charge in [-0.15, -0.1) is 0 Å². The summed E-state index contributed by atoms with van der Waals surface area (Å²) in [4.78, 5) is 7.12. The Morgan fingerprint density at radius 3 is 2.86 bits per heavy atom. The van der Waals surface area contributed by atoms with E-state index in [-0.39, 0.29) is 0 Å². The molecule has 0 aliphatic carbocycles. The summed E-state index contributed by atoms with van der Waals surface area (Å²) in [5, 5.41) is 4.24. The Bertz CT molecular complexity index is 617. The molecule has 3 rings (SSSR count). The van der Waals surface area contributed by atoms with Gasteiger partial charge in [-0.25, -0.2) is 0 Å². The molecule has 1 fully saturated rings. The molecule has 0 N–H and O–H groups in total. The van der Waals surface area contributed by atoms with Crippen molar-refractivity contribution in [3.8, 4) is 11.4 Å². The number of nitrogens with zero attached hydrogens (tertiary/aromatic N) is 4. The number of piperidine rings is 1. The van der Waals surface area contributed by atoms with Gasteiger partial charge in [0.1, 0.15) is 0 Å². The van der Waals surface area contributed by atoms with Gasteiger partial charge in [0.25, 0.3) is 0 Å². The van der Waals surface area contributed by atoms with Crippen molar-refractivity contribution >= 4 is 0 Å². The molecule has 0 amide bonds. The highest BCUT2D eigenvalue weighted by Crippen LogP contribution is 2.24. The smallest absolute Gasteiger partial charge is 0.0885 e. The van der Waals surface area contributed by atoms with Crippen LogP contribution in [0.3, 0.4) is 0 Å². The highest BCUT2D eigenvalue weighted by Gasteiger charge is 2.22. The van der Waals surface area contributed by atoms with Crippen LogP contribution in [0.1, 0.15) is 32.3 Å². The third-order valence-electron chi connectivity index (χ3n) is 4.71. The topological polar surface area (TPSA) is 34.0 Å². The third kappa shape index (κ3) is 3.38. The molecule has 0 spiro atoms. The van der Waals surface area contributed by atoms with Crippen molar-refractivity contribution in [3.05, 3.63) is 36.2 Å². The van der Waals surface area contributed by atoms with E-state index in [9.17, 15) is 0 Å². The van der Waals surface area contributed by atoms with E-state index in [4.69, 9.17) is 0 Å². The summed E-state index contributed by atoms with van der Waals surface area (Å²) >= 11 is 0. The average Bonchev–Trinajstić information content (AvgIpc) is 2.94. The van der Waals surface area contributed by atoms with E-state index < -0.39 is 0 Å². The van der Waals surface area contributed by atoms with Crippen molar-refractivity contribution < 1.29 is 0 Å². The number of likely N-dealkylation sites (tertiary alicyclic amines) is 1. The highest BCUT2D eigenvalue weighted by atomic mass is 15.3. The summed E-state index contributed by atoms with van der Waals surface area (Å²) in [6, 6.07) is 7.07. The number of aromatic nitrogens is 3. The van der Waals surface area contributed by atoms with E-state index in [0.717, 1.165) is 23.7 Å². The Morgan fingerprint density at radius 1 is 1.27 bits per heavy atom. The van der Waals surface area contributed by atoms with Crippen molar-refractivity contribution in [3.63, 3.8) is 0 Å². The zero-order valence-electron chi connectivity index (χ0n) is 13.9. The molecule has 4 nitrogen and oxygen atoms in total. The molecule has 4 heteroatoms. The van der Waals surface area contributed by atoms with Crippen LogP contribution < -0.4 is 0 Å². The van der Waals surface area contributed by atoms with Crippen molar-refractivity contribution in [2.75, 3.05) is 13.1 Å². The SMILES string of the molecule is CC(C)N1CCC[C@@H](Cc2ccnc(-c3ccnn3C)c2)C1. The first kappa shape index (κ1) is 15.2. The molecule has 1 aliphatic rings. The molecule has 0 bridgehead atoms. The average molecular weight is 298 g/mol. The summed E-state index contributed by atoms with van der Waals surface area (Å²) in [5.41, 5.74) is 3.49. The predicted octanol–water partition coefficient (Wildman–Crippen LogP) is 3.15. The number of hydrogen-bond donors (Lipinski definition) is 0. The van der Waals surface area contributed by atoms with E-state index in [0.29, 0.717) is 6.04 Å². The minimum absolute atomic E-state index is 0.658. The molecule has 1 atom stereocenters. The molecule has 0 unspecified atom stereocenters. The maximum atomic E-state index is 4.51. The van der Waals surface area contributed by atoms with Gasteiger partial charge in [-0.2, -0.15) is 5.10 Å². The maximum absolute atomic E-state index is 4.51. The van der Waals surface area contributed by atoms with E-state index in [1.165, 1.54) is 31.5 Å². The van der Waals surface area contributed by atoms with Crippen LogP contribution >= 0.6 is 0 Å². The molecule has 1 saturated heterocycles. The van der Waals surface area contributed by atoms with Crippen LogP contribution in [-0.2, 0) is 13.5 Å². The first-order valence-electron chi connectivity index (χ1n) is 8.31. The van der Waals surface area contributed by atoms with E-state index in [2.05, 4.69) is 41.0 Å². The van der Waals surface area contributed by atoms with Crippen molar-refractivity contribution in [2.45, 2.75) is 39.2 Å². The van der Waals surface area contributed by atoms with Crippen LogP contribution in [0.5, 0.6) is 0 Å². The van der Waals surface area contributed by atoms with Crippen LogP contribution in [-0.4, -0.2) is 38.8 Å². The molecule has 0 saturated carbocycles.